The Balaban J connectivity index is 2.02. The second-order valence-corrected chi connectivity index (χ2v) is 4.32. The molecular formula is C16H18N2O2. The molecule has 2 aromatic rings. The molecule has 0 heterocycles. The van der Waals surface area contributed by atoms with Gasteiger partial charge in [0.15, 0.2) is 0 Å². The van der Waals surface area contributed by atoms with Crippen LogP contribution < -0.4 is 15.4 Å². The Morgan fingerprint density at radius 3 is 2.45 bits per heavy atom. The summed E-state index contributed by atoms with van der Waals surface area (Å²) in [4.78, 5) is 11.4. The van der Waals surface area contributed by atoms with Crippen molar-refractivity contribution < 1.29 is 9.53 Å². The fourth-order valence-corrected chi connectivity index (χ4v) is 1.93. The number of benzene rings is 2. The number of rotatable bonds is 5. The minimum Gasteiger partial charge on any atom is -0.496 e. The van der Waals surface area contributed by atoms with Gasteiger partial charge in [-0.2, -0.15) is 0 Å². The molecule has 1 amide bonds. The molecule has 4 nitrogen and oxygen atoms in total. The highest BCUT2D eigenvalue weighted by molar-refractivity contribution is 5.94. The fraction of sp³-hybridized carbons (Fsp3) is 0.188. The van der Waals surface area contributed by atoms with Crippen molar-refractivity contribution >= 4 is 11.6 Å². The summed E-state index contributed by atoms with van der Waals surface area (Å²) in [6, 6.07) is 15.2. The Morgan fingerprint density at radius 1 is 1.10 bits per heavy atom. The van der Waals surface area contributed by atoms with Crippen LogP contribution in [0, 0.1) is 0 Å². The highest BCUT2D eigenvalue weighted by Gasteiger charge is 2.03. The molecule has 0 spiro atoms. The number of ether oxygens (including phenoxy) is 1. The number of hydrogen-bond donors (Lipinski definition) is 2. The maximum atomic E-state index is 11.4. The number of anilines is 1. The van der Waals surface area contributed by atoms with Crippen LogP contribution in [0.15, 0.2) is 48.5 Å². The van der Waals surface area contributed by atoms with Crippen molar-refractivity contribution in [3.05, 3.63) is 59.7 Å². The second kappa shape index (κ2) is 6.61. The third-order valence-electron chi connectivity index (χ3n) is 3.05. The predicted molar refractivity (Wildman–Crippen MR) is 80.2 cm³/mol. The summed E-state index contributed by atoms with van der Waals surface area (Å²) < 4.78 is 5.31. The maximum absolute atomic E-state index is 11.4. The Bertz CT molecular complexity index is 579. The molecule has 2 rings (SSSR count). The van der Waals surface area contributed by atoms with Crippen LogP contribution in [0.5, 0.6) is 5.75 Å². The molecule has 0 radical (unpaired) electrons. The SMILES string of the molecule is CNC(=O)c1ccc(NCc2ccccc2OC)cc1. The van der Waals surface area contributed by atoms with E-state index >= 15 is 0 Å². The van der Waals surface area contributed by atoms with Crippen LogP contribution >= 0.6 is 0 Å². The zero-order chi connectivity index (χ0) is 14.4. The summed E-state index contributed by atoms with van der Waals surface area (Å²) in [5, 5.41) is 5.91. The van der Waals surface area contributed by atoms with Crippen molar-refractivity contribution in [2.75, 3.05) is 19.5 Å². The molecule has 0 aliphatic rings. The zero-order valence-electron chi connectivity index (χ0n) is 11.6. The van der Waals surface area contributed by atoms with Gasteiger partial charge < -0.3 is 15.4 Å². The van der Waals surface area contributed by atoms with Gasteiger partial charge in [-0.1, -0.05) is 18.2 Å². The van der Waals surface area contributed by atoms with E-state index in [9.17, 15) is 4.79 Å². The Morgan fingerprint density at radius 2 is 1.80 bits per heavy atom. The third kappa shape index (κ3) is 3.29. The first kappa shape index (κ1) is 13.9. The molecule has 104 valence electrons. The molecule has 20 heavy (non-hydrogen) atoms. The van der Waals surface area contributed by atoms with Gasteiger partial charge in [-0.25, -0.2) is 0 Å². The van der Waals surface area contributed by atoms with E-state index in [4.69, 9.17) is 4.74 Å². The molecule has 2 N–H and O–H groups in total. The highest BCUT2D eigenvalue weighted by atomic mass is 16.5. The zero-order valence-corrected chi connectivity index (χ0v) is 11.6. The molecule has 0 saturated heterocycles. The van der Waals surface area contributed by atoms with Gasteiger partial charge in [0.05, 0.1) is 7.11 Å². The number of para-hydroxylation sites is 1. The van der Waals surface area contributed by atoms with Gasteiger partial charge in [-0.15, -0.1) is 0 Å². The van der Waals surface area contributed by atoms with Crippen molar-refractivity contribution in [1.29, 1.82) is 0 Å². The van der Waals surface area contributed by atoms with Gasteiger partial charge in [-0.3, -0.25) is 4.79 Å². The lowest BCUT2D eigenvalue weighted by molar-refractivity contribution is 0.0963. The van der Waals surface area contributed by atoms with Crippen molar-refractivity contribution in [1.82, 2.24) is 5.32 Å². The van der Waals surface area contributed by atoms with E-state index in [1.165, 1.54) is 0 Å². The summed E-state index contributed by atoms with van der Waals surface area (Å²) >= 11 is 0. The van der Waals surface area contributed by atoms with Crippen LogP contribution in [0.1, 0.15) is 15.9 Å². The van der Waals surface area contributed by atoms with E-state index in [0.29, 0.717) is 12.1 Å². The van der Waals surface area contributed by atoms with Crippen LogP contribution in [-0.4, -0.2) is 20.1 Å². The van der Waals surface area contributed by atoms with Crippen LogP contribution in [-0.2, 0) is 6.54 Å². The molecule has 0 saturated carbocycles. The molecule has 0 fully saturated rings. The van der Waals surface area contributed by atoms with E-state index in [2.05, 4.69) is 10.6 Å². The largest absolute Gasteiger partial charge is 0.496 e. The number of carbonyl (C=O) groups excluding carboxylic acids is 1. The molecule has 2 aromatic carbocycles. The predicted octanol–water partition coefficient (Wildman–Crippen LogP) is 2.67. The van der Waals surface area contributed by atoms with Crippen molar-refractivity contribution in [3.63, 3.8) is 0 Å². The third-order valence-corrected chi connectivity index (χ3v) is 3.05. The quantitative estimate of drug-likeness (QED) is 0.878. The monoisotopic (exact) mass is 270 g/mol. The van der Waals surface area contributed by atoms with E-state index in [1.54, 1.807) is 26.3 Å². The lowest BCUT2D eigenvalue weighted by Crippen LogP contribution is -2.17. The summed E-state index contributed by atoms with van der Waals surface area (Å²) in [5.41, 5.74) is 2.70. The molecule has 0 atom stereocenters. The minimum absolute atomic E-state index is 0.0821. The topological polar surface area (TPSA) is 50.4 Å². The molecule has 0 unspecified atom stereocenters. The van der Waals surface area contributed by atoms with Crippen molar-refractivity contribution in [2.24, 2.45) is 0 Å². The van der Waals surface area contributed by atoms with Crippen molar-refractivity contribution in [2.45, 2.75) is 6.54 Å². The average Bonchev–Trinajstić information content (AvgIpc) is 2.53. The number of nitrogens with one attached hydrogen (secondary N) is 2. The van der Waals surface area contributed by atoms with E-state index in [-0.39, 0.29) is 5.91 Å². The van der Waals surface area contributed by atoms with Gasteiger partial charge in [0.1, 0.15) is 5.75 Å². The standard InChI is InChI=1S/C16H18N2O2/c1-17-16(19)12-7-9-14(10-8-12)18-11-13-5-3-4-6-15(13)20-2/h3-10,18H,11H2,1-2H3,(H,17,19). The van der Waals surface area contributed by atoms with E-state index < -0.39 is 0 Å². The van der Waals surface area contributed by atoms with E-state index in [1.807, 2.05) is 36.4 Å². The highest BCUT2D eigenvalue weighted by Crippen LogP contribution is 2.19. The molecule has 4 heteroatoms. The first-order chi connectivity index (χ1) is 9.74. The Kier molecular flexibility index (Phi) is 4.60. The van der Waals surface area contributed by atoms with Crippen LogP contribution in [0.3, 0.4) is 0 Å². The summed E-state index contributed by atoms with van der Waals surface area (Å²) in [7, 11) is 3.28. The first-order valence-corrected chi connectivity index (χ1v) is 6.42. The Labute approximate surface area is 118 Å². The average molecular weight is 270 g/mol. The molecule has 0 aliphatic heterocycles. The summed E-state index contributed by atoms with van der Waals surface area (Å²) in [6.45, 7) is 0.670. The number of amides is 1. The minimum atomic E-state index is -0.0821. The maximum Gasteiger partial charge on any atom is 0.251 e. The molecular weight excluding hydrogens is 252 g/mol. The second-order valence-electron chi connectivity index (χ2n) is 4.32. The molecule has 0 aliphatic carbocycles. The fourth-order valence-electron chi connectivity index (χ4n) is 1.93. The van der Waals surface area contributed by atoms with Crippen LogP contribution in [0.25, 0.3) is 0 Å². The van der Waals surface area contributed by atoms with Gasteiger partial charge in [-0.05, 0) is 30.3 Å². The van der Waals surface area contributed by atoms with Gasteiger partial charge in [0.25, 0.3) is 5.91 Å². The number of carbonyl (C=O) groups is 1. The van der Waals surface area contributed by atoms with Gasteiger partial charge >= 0.3 is 0 Å². The lowest BCUT2D eigenvalue weighted by Gasteiger charge is -2.10. The smallest absolute Gasteiger partial charge is 0.251 e. The Hall–Kier alpha value is -2.49. The number of methoxy groups -OCH3 is 1. The van der Waals surface area contributed by atoms with E-state index in [0.717, 1.165) is 17.0 Å². The lowest BCUT2D eigenvalue weighted by atomic mass is 10.1. The van der Waals surface area contributed by atoms with Crippen molar-refractivity contribution in [3.8, 4) is 5.75 Å². The number of hydrogen-bond acceptors (Lipinski definition) is 3. The van der Waals surface area contributed by atoms with Gasteiger partial charge in [0.2, 0.25) is 0 Å². The normalized spacial score (nSPS) is 9.90. The first-order valence-electron chi connectivity index (χ1n) is 6.42. The van der Waals surface area contributed by atoms with Crippen LogP contribution in [0.2, 0.25) is 0 Å². The van der Waals surface area contributed by atoms with Gasteiger partial charge in [0, 0.05) is 30.4 Å². The summed E-state index contributed by atoms with van der Waals surface area (Å²) in [6.07, 6.45) is 0. The summed E-state index contributed by atoms with van der Waals surface area (Å²) in [5.74, 6) is 0.781. The molecule has 0 bridgehead atoms. The molecule has 0 aromatic heterocycles. The van der Waals surface area contributed by atoms with Crippen LogP contribution in [0.4, 0.5) is 5.69 Å².